The van der Waals surface area contributed by atoms with E-state index in [2.05, 4.69) is 9.97 Å². The number of carbonyl (C=O) groups is 2. The molecule has 0 spiro atoms. The highest BCUT2D eigenvalue weighted by Gasteiger charge is 2.19. The van der Waals surface area contributed by atoms with Gasteiger partial charge in [0.1, 0.15) is 5.65 Å². The molecule has 3 aromatic heterocycles. The maximum absolute atomic E-state index is 12.5. The maximum atomic E-state index is 12.5. The van der Waals surface area contributed by atoms with Crippen molar-refractivity contribution in [2.24, 2.45) is 0 Å². The van der Waals surface area contributed by atoms with Gasteiger partial charge in [0.25, 0.3) is 0 Å². The number of imidazole rings is 1. The largest absolute Gasteiger partial charge is 0.453 e. The number of aromatic nitrogens is 3. The van der Waals surface area contributed by atoms with E-state index < -0.39 is 5.97 Å². The predicted octanol–water partition coefficient (Wildman–Crippen LogP) is 3.16. The minimum Gasteiger partial charge on any atom is -0.453 e. The van der Waals surface area contributed by atoms with Crippen LogP contribution in [0.15, 0.2) is 54.9 Å². The van der Waals surface area contributed by atoms with Crippen molar-refractivity contribution in [1.29, 1.82) is 0 Å². The smallest absolute Gasteiger partial charge is 0.359 e. The molecule has 25 heavy (non-hydrogen) atoms. The molecular weight excluding hydrogens is 318 g/mol. The number of benzene rings is 1. The summed E-state index contributed by atoms with van der Waals surface area (Å²) in [6.07, 6.45) is 3.37. The average molecular weight is 333 g/mol. The third-order valence-corrected chi connectivity index (χ3v) is 4.08. The molecule has 6 heteroatoms. The van der Waals surface area contributed by atoms with Gasteiger partial charge >= 0.3 is 5.97 Å². The molecule has 0 saturated heterocycles. The number of hydrogen-bond acceptors (Lipinski definition) is 4. The summed E-state index contributed by atoms with van der Waals surface area (Å²) in [6.45, 7) is 1.51. The first-order valence-corrected chi connectivity index (χ1v) is 7.85. The number of ketones is 1. The molecule has 6 nitrogen and oxygen atoms in total. The van der Waals surface area contributed by atoms with Crippen LogP contribution in [0.4, 0.5) is 0 Å². The number of Topliss-reactive ketones (excluding diaryl/α,β-unsaturated/α-hetero) is 1. The van der Waals surface area contributed by atoms with Crippen molar-refractivity contribution in [1.82, 2.24) is 14.4 Å². The summed E-state index contributed by atoms with van der Waals surface area (Å²) in [5.41, 5.74) is 3.02. The monoisotopic (exact) mass is 333 g/mol. The Morgan fingerprint density at radius 3 is 2.80 bits per heavy atom. The predicted molar refractivity (Wildman–Crippen MR) is 92.8 cm³/mol. The lowest BCUT2D eigenvalue weighted by atomic mass is 10.1. The number of hydrogen-bond donors (Lipinski definition) is 1. The molecule has 124 valence electrons. The Balaban J connectivity index is 1.53. The number of aromatic amines is 1. The molecule has 4 rings (SSSR count). The second kappa shape index (κ2) is 5.90. The highest BCUT2D eigenvalue weighted by atomic mass is 16.5. The molecule has 0 radical (unpaired) electrons. The normalized spacial score (nSPS) is 11.1. The quantitative estimate of drug-likeness (QED) is 0.460. The van der Waals surface area contributed by atoms with E-state index in [0.717, 1.165) is 16.6 Å². The van der Waals surface area contributed by atoms with Crippen LogP contribution < -0.4 is 0 Å². The molecule has 0 aliphatic rings. The summed E-state index contributed by atoms with van der Waals surface area (Å²) in [7, 11) is 0. The van der Waals surface area contributed by atoms with Crippen molar-refractivity contribution in [3.05, 3.63) is 71.8 Å². The average Bonchev–Trinajstić information content (AvgIpc) is 3.19. The maximum Gasteiger partial charge on any atom is 0.359 e. The van der Waals surface area contributed by atoms with E-state index in [-0.39, 0.29) is 18.1 Å². The van der Waals surface area contributed by atoms with E-state index in [1.165, 1.54) is 0 Å². The Morgan fingerprint density at radius 1 is 1.16 bits per heavy atom. The second-order valence-electron chi connectivity index (χ2n) is 5.76. The number of ether oxygens (including phenoxy) is 1. The molecule has 0 aliphatic carbocycles. The molecule has 0 atom stereocenters. The van der Waals surface area contributed by atoms with Gasteiger partial charge in [0, 0.05) is 34.6 Å². The number of aryl methyl sites for hydroxylation is 1. The van der Waals surface area contributed by atoms with Gasteiger partial charge in [0.05, 0.1) is 0 Å². The summed E-state index contributed by atoms with van der Waals surface area (Å²) < 4.78 is 6.89. The molecule has 0 bridgehead atoms. The summed E-state index contributed by atoms with van der Waals surface area (Å²) in [6, 6.07) is 13.0. The van der Waals surface area contributed by atoms with Crippen LogP contribution >= 0.6 is 0 Å². The summed E-state index contributed by atoms with van der Waals surface area (Å²) in [5.74, 6) is -0.860. The lowest BCUT2D eigenvalue weighted by Crippen LogP contribution is -2.15. The molecule has 3 heterocycles. The first-order valence-electron chi connectivity index (χ1n) is 7.85. The highest BCUT2D eigenvalue weighted by molar-refractivity contribution is 6.10. The first-order chi connectivity index (χ1) is 12.1. The van der Waals surface area contributed by atoms with Gasteiger partial charge in [-0.3, -0.25) is 4.79 Å². The SMILES string of the molecule is Cc1[nH]c2ccccc2c1C(=O)COC(=O)c1cn2ccccc2n1. The van der Waals surface area contributed by atoms with E-state index in [1.54, 1.807) is 22.9 Å². The molecular formula is C19H15N3O3. The number of pyridine rings is 1. The van der Waals surface area contributed by atoms with Crippen LogP contribution in [0.3, 0.4) is 0 Å². The number of esters is 1. The van der Waals surface area contributed by atoms with Gasteiger partial charge in [-0.05, 0) is 25.1 Å². The van der Waals surface area contributed by atoms with Crippen molar-refractivity contribution < 1.29 is 14.3 Å². The number of H-pyrrole nitrogens is 1. The lowest BCUT2D eigenvalue weighted by Gasteiger charge is -2.03. The molecule has 0 unspecified atom stereocenters. The third-order valence-electron chi connectivity index (χ3n) is 4.08. The van der Waals surface area contributed by atoms with E-state index in [1.807, 2.05) is 43.3 Å². The molecule has 0 aliphatic heterocycles. The Bertz CT molecular complexity index is 1070. The molecule has 1 N–H and O–H groups in total. The minimum absolute atomic E-state index is 0.176. The topological polar surface area (TPSA) is 76.5 Å². The molecule has 1 aromatic carbocycles. The Labute approximate surface area is 143 Å². The number of rotatable bonds is 4. The third kappa shape index (κ3) is 2.67. The zero-order valence-corrected chi connectivity index (χ0v) is 13.5. The van der Waals surface area contributed by atoms with Crippen molar-refractivity contribution in [3.63, 3.8) is 0 Å². The van der Waals surface area contributed by atoms with Crippen molar-refractivity contribution in [3.8, 4) is 0 Å². The molecule has 0 saturated carbocycles. The minimum atomic E-state index is -0.616. The summed E-state index contributed by atoms with van der Waals surface area (Å²) in [4.78, 5) is 32.1. The fourth-order valence-electron chi connectivity index (χ4n) is 2.95. The number of para-hydroxylation sites is 1. The number of fused-ring (bicyclic) bond motifs is 2. The zero-order chi connectivity index (χ0) is 17.4. The number of carbonyl (C=O) groups excluding carboxylic acids is 2. The number of nitrogens with one attached hydrogen (secondary N) is 1. The van der Waals surface area contributed by atoms with Crippen LogP contribution in [0.1, 0.15) is 26.5 Å². The number of nitrogens with zero attached hydrogens (tertiary/aromatic N) is 2. The molecule has 4 aromatic rings. The molecule has 0 fully saturated rings. The Kier molecular flexibility index (Phi) is 3.57. The van der Waals surface area contributed by atoms with Crippen molar-refractivity contribution in [2.45, 2.75) is 6.92 Å². The van der Waals surface area contributed by atoms with Gasteiger partial charge in [-0.1, -0.05) is 24.3 Å². The van der Waals surface area contributed by atoms with Crippen LogP contribution in [0.2, 0.25) is 0 Å². The zero-order valence-electron chi connectivity index (χ0n) is 13.5. The van der Waals surface area contributed by atoms with Gasteiger partial charge in [-0.25, -0.2) is 9.78 Å². The van der Waals surface area contributed by atoms with Crippen LogP contribution in [-0.2, 0) is 4.74 Å². The van der Waals surface area contributed by atoms with Gasteiger partial charge in [0.2, 0.25) is 5.78 Å². The van der Waals surface area contributed by atoms with E-state index in [9.17, 15) is 9.59 Å². The fourth-order valence-corrected chi connectivity index (χ4v) is 2.95. The van der Waals surface area contributed by atoms with Gasteiger partial charge in [0.15, 0.2) is 12.3 Å². The van der Waals surface area contributed by atoms with Crippen molar-refractivity contribution >= 4 is 28.3 Å². The van der Waals surface area contributed by atoms with E-state index >= 15 is 0 Å². The van der Waals surface area contributed by atoms with Crippen LogP contribution in [0, 0.1) is 6.92 Å². The van der Waals surface area contributed by atoms with Crippen LogP contribution in [0.25, 0.3) is 16.6 Å². The van der Waals surface area contributed by atoms with Gasteiger partial charge < -0.3 is 14.1 Å². The van der Waals surface area contributed by atoms with Crippen LogP contribution in [0.5, 0.6) is 0 Å². The van der Waals surface area contributed by atoms with E-state index in [4.69, 9.17) is 4.74 Å². The van der Waals surface area contributed by atoms with Gasteiger partial charge in [-0.15, -0.1) is 0 Å². The standard InChI is InChI=1S/C19H15N3O3/c1-12-18(13-6-2-3-7-14(13)20-12)16(23)11-25-19(24)15-10-22-9-5-4-8-17(22)21-15/h2-10,20H,11H2,1H3. The lowest BCUT2D eigenvalue weighted by molar-refractivity contribution is 0.0470. The van der Waals surface area contributed by atoms with Crippen molar-refractivity contribution in [2.75, 3.05) is 6.61 Å². The fraction of sp³-hybridized carbons (Fsp3) is 0.105. The first kappa shape index (κ1) is 15.1. The second-order valence-corrected chi connectivity index (χ2v) is 5.76. The summed E-state index contributed by atoms with van der Waals surface area (Å²) >= 11 is 0. The Hall–Kier alpha value is -3.41. The summed E-state index contributed by atoms with van der Waals surface area (Å²) in [5, 5.41) is 0.828. The Morgan fingerprint density at radius 2 is 1.96 bits per heavy atom. The molecule has 0 amide bonds. The van der Waals surface area contributed by atoms with Crippen LogP contribution in [-0.4, -0.2) is 32.7 Å². The van der Waals surface area contributed by atoms with E-state index in [0.29, 0.717) is 11.2 Å². The highest BCUT2D eigenvalue weighted by Crippen LogP contribution is 2.22. The van der Waals surface area contributed by atoms with Gasteiger partial charge in [-0.2, -0.15) is 0 Å².